The Morgan fingerprint density at radius 1 is 1.44 bits per heavy atom. The number of aliphatic imine (C=N–C) groups is 1. The van der Waals surface area contributed by atoms with E-state index in [1.807, 2.05) is 19.0 Å². The smallest absolute Gasteiger partial charge is 0.191 e. The van der Waals surface area contributed by atoms with Crippen LogP contribution in [-0.4, -0.2) is 61.2 Å². The van der Waals surface area contributed by atoms with E-state index in [0.717, 1.165) is 35.9 Å². The highest BCUT2D eigenvalue weighted by molar-refractivity contribution is 14.0. The number of aromatic nitrogens is 1. The van der Waals surface area contributed by atoms with Gasteiger partial charge in [-0.1, -0.05) is 0 Å². The summed E-state index contributed by atoms with van der Waals surface area (Å²) < 4.78 is 0. The fourth-order valence-corrected chi connectivity index (χ4v) is 4.07. The van der Waals surface area contributed by atoms with Crippen LogP contribution in [-0.2, 0) is 6.54 Å². The van der Waals surface area contributed by atoms with Crippen LogP contribution < -0.4 is 15.5 Å². The van der Waals surface area contributed by atoms with E-state index in [0.29, 0.717) is 18.6 Å². The summed E-state index contributed by atoms with van der Waals surface area (Å²) in [7, 11) is 4.04. The molecule has 0 amide bonds. The molecular formula is C17H31IN6S. The average Bonchev–Trinajstić information content (AvgIpc) is 3.14. The van der Waals surface area contributed by atoms with Crippen molar-refractivity contribution in [3.8, 4) is 0 Å². The van der Waals surface area contributed by atoms with Crippen LogP contribution in [0.5, 0.6) is 0 Å². The zero-order valence-electron chi connectivity index (χ0n) is 15.7. The van der Waals surface area contributed by atoms with Gasteiger partial charge in [0.05, 0.1) is 12.2 Å². The second kappa shape index (κ2) is 9.36. The van der Waals surface area contributed by atoms with E-state index in [9.17, 15) is 0 Å². The van der Waals surface area contributed by atoms with E-state index in [1.54, 1.807) is 11.3 Å². The number of likely N-dealkylation sites (tertiary alicyclic amines) is 1. The summed E-state index contributed by atoms with van der Waals surface area (Å²) >= 11 is 1.66. The van der Waals surface area contributed by atoms with Gasteiger partial charge in [-0.25, -0.2) is 9.98 Å². The standard InChI is InChI=1S/C17H30N6S.HI/c1-5-18-16(19-9-14-11-24-17(21-14)22(3)4)20-13-8-12(2)23(10-13)15-6-7-15;/h11-13,15H,5-10H2,1-4H3,(H2,18,19,20);1H. The van der Waals surface area contributed by atoms with Crippen LogP contribution in [0.15, 0.2) is 10.4 Å². The highest BCUT2D eigenvalue weighted by Crippen LogP contribution is 2.33. The Morgan fingerprint density at radius 3 is 2.80 bits per heavy atom. The molecule has 3 rings (SSSR count). The van der Waals surface area contributed by atoms with E-state index < -0.39 is 0 Å². The molecule has 1 aliphatic carbocycles. The zero-order chi connectivity index (χ0) is 17.1. The van der Waals surface area contributed by atoms with Crippen molar-refractivity contribution in [3.05, 3.63) is 11.1 Å². The van der Waals surface area contributed by atoms with E-state index in [1.165, 1.54) is 19.3 Å². The third-order valence-electron chi connectivity index (χ3n) is 4.65. The quantitative estimate of drug-likeness (QED) is 0.374. The first kappa shape index (κ1) is 20.7. The molecular weight excluding hydrogens is 447 g/mol. The second-order valence-corrected chi connectivity index (χ2v) is 7.90. The van der Waals surface area contributed by atoms with Crippen LogP contribution in [0.25, 0.3) is 0 Å². The average molecular weight is 478 g/mol. The molecule has 2 fully saturated rings. The molecule has 2 aliphatic rings. The molecule has 2 N–H and O–H groups in total. The fourth-order valence-electron chi connectivity index (χ4n) is 3.32. The molecule has 6 nitrogen and oxygen atoms in total. The molecule has 0 spiro atoms. The van der Waals surface area contributed by atoms with E-state index >= 15 is 0 Å². The van der Waals surface area contributed by atoms with Crippen LogP contribution in [0, 0.1) is 0 Å². The lowest BCUT2D eigenvalue weighted by Gasteiger charge is -2.20. The molecule has 0 radical (unpaired) electrons. The van der Waals surface area contributed by atoms with Gasteiger partial charge in [-0.05, 0) is 33.1 Å². The molecule has 8 heteroatoms. The van der Waals surface area contributed by atoms with Crippen molar-refractivity contribution in [1.29, 1.82) is 0 Å². The van der Waals surface area contributed by atoms with E-state index in [-0.39, 0.29) is 24.0 Å². The molecule has 25 heavy (non-hydrogen) atoms. The van der Waals surface area contributed by atoms with Crippen LogP contribution in [0.4, 0.5) is 5.13 Å². The molecule has 2 atom stereocenters. The molecule has 0 aromatic carbocycles. The summed E-state index contributed by atoms with van der Waals surface area (Å²) in [5, 5.41) is 10.1. The maximum atomic E-state index is 4.73. The predicted molar refractivity (Wildman–Crippen MR) is 117 cm³/mol. The highest BCUT2D eigenvalue weighted by atomic mass is 127. The summed E-state index contributed by atoms with van der Waals surface area (Å²) in [6.07, 6.45) is 3.95. The van der Waals surface area contributed by atoms with Crippen molar-refractivity contribution in [2.45, 2.75) is 57.8 Å². The third-order valence-corrected chi connectivity index (χ3v) is 5.70. The normalized spacial score (nSPS) is 24.1. The molecule has 1 aliphatic heterocycles. The maximum absolute atomic E-state index is 4.73. The predicted octanol–water partition coefficient (Wildman–Crippen LogP) is 2.51. The Bertz CT molecular complexity index is 571. The lowest BCUT2D eigenvalue weighted by Crippen LogP contribution is -2.44. The van der Waals surface area contributed by atoms with Crippen molar-refractivity contribution < 1.29 is 0 Å². The highest BCUT2D eigenvalue weighted by Gasteiger charge is 2.38. The van der Waals surface area contributed by atoms with Crippen molar-refractivity contribution in [1.82, 2.24) is 20.5 Å². The van der Waals surface area contributed by atoms with Crippen molar-refractivity contribution >= 4 is 46.4 Å². The first-order valence-electron chi connectivity index (χ1n) is 8.99. The Morgan fingerprint density at radius 2 is 2.20 bits per heavy atom. The Labute approximate surface area is 172 Å². The molecule has 1 aromatic heterocycles. The molecule has 2 heterocycles. The lowest BCUT2D eigenvalue weighted by atomic mass is 10.2. The fraction of sp³-hybridized carbons (Fsp3) is 0.765. The largest absolute Gasteiger partial charge is 0.357 e. The molecule has 142 valence electrons. The third kappa shape index (κ3) is 5.68. The monoisotopic (exact) mass is 478 g/mol. The number of hydrogen-bond donors (Lipinski definition) is 2. The van der Waals surface area contributed by atoms with Gasteiger partial charge in [-0.15, -0.1) is 35.3 Å². The first-order chi connectivity index (χ1) is 11.6. The van der Waals surface area contributed by atoms with Gasteiger partial charge in [-0.2, -0.15) is 0 Å². The Hall–Kier alpha value is -0.610. The van der Waals surface area contributed by atoms with Gasteiger partial charge in [0.15, 0.2) is 11.1 Å². The molecule has 0 bridgehead atoms. The summed E-state index contributed by atoms with van der Waals surface area (Å²) in [6.45, 7) is 7.09. The SMILES string of the molecule is CCNC(=NCc1csc(N(C)C)n1)NC1CC(C)N(C2CC2)C1.I. The molecule has 2 unspecified atom stereocenters. The van der Waals surface area contributed by atoms with Gasteiger partial charge in [0.1, 0.15) is 0 Å². The number of guanidine groups is 1. The second-order valence-electron chi connectivity index (χ2n) is 7.06. The van der Waals surface area contributed by atoms with Crippen LogP contribution in [0.1, 0.15) is 38.8 Å². The summed E-state index contributed by atoms with van der Waals surface area (Å²) in [5.74, 6) is 0.909. The molecule has 1 aromatic rings. The molecule has 1 saturated carbocycles. The zero-order valence-corrected chi connectivity index (χ0v) is 18.8. The number of thiazole rings is 1. The summed E-state index contributed by atoms with van der Waals surface area (Å²) in [6, 6.07) is 2.01. The number of anilines is 1. The number of rotatable bonds is 6. The van der Waals surface area contributed by atoms with Crippen molar-refractivity contribution in [2.24, 2.45) is 4.99 Å². The van der Waals surface area contributed by atoms with Gasteiger partial charge in [-0.3, -0.25) is 4.90 Å². The maximum Gasteiger partial charge on any atom is 0.191 e. The first-order valence-corrected chi connectivity index (χ1v) is 9.87. The van der Waals surface area contributed by atoms with Crippen molar-refractivity contribution in [2.75, 3.05) is 32.1 Å². The van der Waals surface area contributed by atoms with E-state index in [4.69, 9.17) is 4.99 Å². The summed E-state index contributed by atoms with van der Waals surface area (Å²) in [5.41, 5.74) is 1.03. The minimum Gasteiger partial charge on any atom is -0.357 e. The Balaban J connectivity index is 0.00000225. The minimum absolute atomic E-state index is 0. The lowest BCUT2D eigenvalue weighted by molar-refractivity contribution is 0.256. The van der Waals surface area contributed by atoms with Crippen LogP contribution >= 0.6 is 35.3 Å². The van der Waals surface area contributed by atoms with Gasteiger partial charge in [0.2, 0.25) is 0 Å². The number of nitrogens with zero attached hydrogens (tertiary/aromatic N) is 4. The van der Waals surface area contributed by atoms with Gasteiger partial charge >= 0.3 is 0 Å². The number of nitrogens with one attached hydrogen (secondary N) is 2. The van der Waals surface area contributed by atoms with Crippen LogP contribution in [0.2, 0.25) is 0 Å². The van der Waals surface area contributed by atoms with Gasteiger partial charge in [0, 0.05) is 50.7 Å². The van der Waals surface area contributed by atoms with Gasteiger partial charge < -0.3 is 15.5 Å². The van der Waals surface area contributed by atoms with Crippen molar-refractivity contribution in [3.63, 3.8) is 0 Å². The van der Waals surface area contributed by atoms with Crippen LogP contribution in [0.3, 0.4) is 0 Å². The van der Waals surface area contributed by atoms with E-state index in [2.05, 4.69) is 39.7 Å². The van der Waals surface area contributed by atoms with Gasteiger partial charge in [0.25, 0.3) is 0 Å². The number of halogens is 1. The number of hydrogen-bond acceptors (Lipinski definition) is 5. The summed E-state index contributed by atoms with van der Waals surface area (Å²) in [4.78, 5) is 14.0. The minimum atomic E-state index is 0. The molecule has 1 saturated heterocycles. The topological polar surface area (TPSA) is 55.8 Å². The Kier molecular flexibility index (Phi) is 7.75.